The average molecular weight is 287 g/mol. The second-order valence-corrected chi connectivity index (χ2v) is 4.48. The molecule has 0 saturated carbocycles. The maximum Gasteiger partial charge on any atom is 0.131 e. The minimum atomic E-state index is 0.643. The topological polar surface area (TPSA) is 43.8 Å². The molecule has 0 bridgehead atoms. The standard InChI is InChI=1S/C10H9BrClN3/c1-15-5-14-9(10(15)13)6-2-3-8(12)7(11)4-6/h2-5H,13H2,1H3. The van der Waals surface area contributed by atoms with Crippen molar-refractivity contribution in [2.75, 3.05) is 5.73 Å². The van der Waals surface area contributed by atoms with E-state index >= 15 is 0 Å². The quantitative estimate of drug-likeness (QED) is 0.875. The zero-order valence-electron chi connectivity index (χ0n) is 8.04. The van der Waals surface area contributed by atoms with Gasteiger partial charge >= 0.3 is 0 Å². The Labute approximate surface area is 101 Å². The molecule has 0 atom stereocenters. The number of halogens is 2. The van der Waals surface area contributed by atoms with Crippen molar-refractivity contribution in [2.45, 2.75) is 0 Å². The molecule has 0 aliphatic carbocycles. The van der Waals surface area contributed by atoms with E-state index in [0.29, 0.717) is 10.8 Å². The molecule has 0 radical (unpaired) electrons. The van der Waals surface area contributed by atoms with E-state index in [4.69, 9.17) is 17.3 Å². The molecule has 0 saturated heterocycles. The third kappa shape index (κ3) is 1.87. The van der Waals surface area contributed by atoms with Gasteiger partial charge in [0.15, 0.2) is 0 Å². The molecule has 15 heavy (non-hydrogen) atoms. The maximum atomic E-state index is 5.91. The van der Waals surface area contributed by atoms with Crippen LogP contribution in [-0.4, -0.2) is 9.55 Å². The van der Waals surface area contributed by atoms with Gasteiger partial charge in [-0.15, -0.1) is 0 Å². The summed E-state index contributed by atoms with van der Waals surface area (Å²) in [6.45, 7) is 0. The fourth-order valence-electron chi connectivity index (χ4n) is 1.31. The predicted octanol–water partition coefficient (Wildman–Crippen LogP) is 3.09. The molecule has 1 heterocycles. The third-order valence-electron chi connectivity index (χ3n) is 2.18. The fraction of sp³-hybridized carbons (Fsp3) is 0.100. The van der Waals surface area contributed by atoms with Crippen LogP contribution in [0.5, 0.6) is 0 Å². The summed E-state index contributed by atoms with van der Waals surface area (Å²) in [5, 5.41) is 0.674. The van der Waals surface area contributed by atoms with Crippen LogP contribution in [0, 0.1) is 0 Å². The number of rotatable bonds is 1. The number of aryl methyl sites for hydroxylation is 1. The molecule has 1 aromatic carbocycles. The van der Waals surface area contributed by atoms with Crippen molar-refractivity contribution < 1.29 is 0 Å². The van der Waals surface area contributed by atoms with Gasteiger partial charge in [0.25, 0.3) is 0 Å². The Morgan fingerprint density at radius 3 is 2.73 bits per heavy atom. The number of hydrogen-bond acceptors (Lipinski definition) is 2. The molecule has 78 valence electrons. The molecule has 0 unspecified atom stereocenters. The summed E-state index contributed by atoms with van der Waals surface area (Å²) >= 11 is 9.28. The number of nitrogens with zero attached hydrogens (tertiary/aromatic N) is 2. The van der Waals surface area contributed by atoms with Gasteiger partial charge in [0.1, 0.15) is 11.5 Å². The van der Waals surface area contributed by atoms with Gasteiger partial charge in [-0.3, -0.25) is 0 Å². The number of imidazole rings is 1. The van der Waals surface area contributed by atoms with Crippen LogP contribution in [0.4, 0.5) is 5.82 Å². The lowest BCUT2D eigenvalue weighted by Gasteiger charge is -2.02. The Morgan fingerprint density at radius 1 is 1.47 bits per heavy atom. The monoisotopic (exact) mass is 285 g/mol. The molecular formula is C10H9BrClN3. The van der Waals surface area contributed by atoms with Crippen molar-refractivity contribution in [1.82, 2.24) is 9.55 Å². The zero-order valence-corrected chi connectivity index (χ0v) is 10.4. The van der Waals surface area contributed by atoms with E-state index < -0.39 is 0 Å². The number of aromatic nitrogens is 2. The molecule has 2 aromatic rings. The highest BCUT2D eigenvalue weighted by Crippen LogP contribution is 2.30. The minimum absolute atomic E-state index is 0.643. The summed E-state index contributed by atoms with van der Waals surface area (Å²) in [5.74, 6) is 0.643. The first-order valence-corrected chi connectivity index (χ1v) is 5.49. The molecule has 0 amide bonds. The number of hydrogen-bond donors (Lipinski definition) is 1. The molecule has 5 heteroatoms. The van der Waals surface area contributed by atoms with Gasteiger partial charge < -0.3 is 10.3 Å². The predicted molar refractivity (Wildman–Crippen MR) is 65.8 cm³/mol. The SMILES string of the molecule is Cn1cnc(-c2ccc(Cl)c(Br)c2)c1N. The number of benzene rings is 1. The Morgan fingerprint density at radius 2 is 2.20 bits per heavy atom. The lowest BCUT2D eigenvalue weighted by atomic mass is 10.1. The number of anilines is 1. The van der Waals surface area contributed by atoms with Crippen LogP contribution < -0.4 is 5.73 Å². The van der Waals surface area contributed by atoms with Gasteiger partial charge in [-0.2, -0.15) is 0 Å². The number of nitrogens with two attached hydrogens (primary N) is 1. The van der Waals surface area contributed by atoms with Gasteiger partial charge in [0.2, 0.25) is 0 Å². The van der Waals surface area contributed by atoms with Gasteiger partial charge in [0.05, 0.1) is 11.3 Å². The third-order valence-corrected chi connectivity index (χ3v) is 3.39. The van der Waals surface area contributed by atoms with Gasteiger partial charge in [-0.25, -0.2) is 4.98 Å². The maximum absolute atomic E-state index is 5.91. The van der Waals surface area contributed by atoms with E-state index in [2.05, 4.69) is 20.9 Å². The normalized spacial score (nSPS) is 10.6. The molecule has 3 nitrogen and oxygen atoms in total. The van der Waals surface area contributed by atoms with Crippen LogP contribution in [0.15, 0.2) is 29.0 Å². The van der Waals surface area contributed by atoms with Crippen LogP contribution >= 0.6 is 27.5 Å². The molecular weight excluding hydrogens is 277 g/mol. The van der Waals surface area contributed by atoms with Gasteiger partial charge in [-0.05, 0) is 28.1 Å². The Bertz CT molecular complexity index is 507. The summed E-state index contributed by atoms with van der Waals surface area (Å²) in [6, 6.07) is 5.61. The lowest BCUT2D eigenvalue weighted by Crippen LogP contribution is -1.95. The Balaban J connectivity index is 2.55. The van der Waals surface area contributed by atoms with Gasteiger partial charge in [-0.1, -0.05) is 17.7 Å². The lowest BCUT2D eigenvalue weighted by molar-refractivity contribution is 0.925. The molecule has 0 aliphatic rings. The fourth-order valence-corrected chi connectivity index (χ4v) is 1.80. The second kappa shape index (κ2) is 3.87. The number of nitrogen functional groups attached to an aromatic ring is 1. The van der Waals surface area contributed by atoms with Crippen LogP contribution in [0.25, 0.3) is 11.3 Å². The summed E-state index contributed by atoms with van der Waals surface area (Å²) in [4.78, 5) is 4.23. The average Bonchev–Trinajstić information content (AvgIpc) is 2.53. The van der Waals surface area contributed by atoms with Crippen LogP contribution in [-0.2, 0) is 7.05 Å². The van der Waals surface area contributed by atoms with Crippen molar-refractivity contribution in [3.05, 3.63) is 34.0 Å². The minimum Gasteiger partial charge on any atom is -0.383 e. The van der Waals surface area contributed by atoms with Crippen molar-refractivity contribution in [1.29, 1.82) is 0 Å². The van der Waals surface area contributed by atoms with Gasteiger partial charge in [0, 0.05) is 17.1 Å². The van der Waals surface area contributed by atoms with Crippen molar-refractivity contribution in [3.8, 4) is 11.3 Å². The van der Waals surface area contributed by atoms with E-state index in [1.54, 1.807) is 10.9 Å². The van der Waals surface area contributed by atoms with E-state index in [0.717, 1.165) is 15.7 Å². The Hall–Kier alpha value is -1.00. The second-order valence-electron chi connectivity index (χ2n) is 3.22. The van der Waals surface area contributed by atoms with Crippen molar-refractivity contribution in [2.24, 2.45) is 7.05 Å². The summed E-state index contributed by atoms with van der Waals surface area (Å²) in [7, 11) is 1.86. The zero-order chi connectivity index (χ0) is 11.0. The summed E-state index contributed by atoms with van der Waals surface area (Å²) in [5.41, 5.74) is 7.60. The van der Waals surface area contributed by atoms with E-state index in [1.807, 2.05) is 25.2 Å². The van der Waals surface area contributed by atoms with E-state index in [-0.39, 0.29) is 0 Å². The molecule has 2 rings (SSSR count). The smallest absolute Gasteiger partial charge is 0.131 e. The summed E-state index contributed by atoms with van der Waals surface area (Å²) in [6.07, 6.45) is 1.69. The highest BCUT2D eigenvalue weighted by Gasteiger charge is 2.09. The van der Waals surface area contributed by atoms with E-state index in [9.17, 15) is 0 Å². The first-order valence-electron chi connectivity index (χ1n) is 4.32. The largest absolute Gasteiger partial charge is 0.383 e. The van der Waals surface area contributed by atoms with Crippen LogP contribution in [0.3, 0.4) is 0 Å². The molecule has 2 N–H and O–H groups in total. The van der Waals surface area contributed by atoms with E-state index in [1.165, 1.54) is 0 Å². The molecule has 0 fully saturated rings. The first-order chi connectivity index (χ1) is 7.09. The first kappa shape index (κ1) is 10.5. The van der Waals surface area contributed by atoms with Crippen LogP contribution in [0.2, 0.25) is 5.02 Å². The van der Waals surface area contributed by atoms with Crippen molar-refractivity contribution >= 4 is 33.3 Å². The Kier molecular flexibility index (Phi) is 2.71. The van der Waals surface area contributed by atoms with Crippen LogP contribution in [0.1, 0.15) is 0 Å². The molecule has 1 aromatic heterocycles. The highest BCUT2D eigenvalue weighted by molar-refractivity contribution is 9.10. The molecule has 0 aliphatic heterocycles. The highest BCUT2D eigenvalue weighted by atomic mass is 79.9. The molecule has 0 spiro atoms. The summed E-state index contributed by atoms with van der Waals surface area (Å²) < 4.78 is 2.62. The van der Waals surface area contributed by atoms with Crippen molar-refractivity contribution in [3.63, 3.8) is 0 Å².